The number of rotatable bonds is 7. The third-order valence-corrected chi connectivity index (χ3v) is 5.53. The van der Waals surface area contributed by atoms with Crippen molar-refractivity contribution in [2.45, 2.75) is 45.3 Å². The molecule has 9 heteroatoms. The molecule has 6 nitrogen and oxygen atoms in total. The fraction of sp³-hybridized carbons (Fsp3) is 0.375. The topological polar surface area (TPSA) is 76.1 Å². The Morgan fingerprint density at radius 2 is 1.88 bits per heavy atom. The average Bonchev–Trinajstić information content (AvgIpc) is 2.77. The van der Waals surface area contributed by atoms with E-state index in [0.717, 1.165) is 17.7 Å². The number of hydrogen-bond donors (Lipinski definition) is 2. The van der Waals surface area contributed by atoms with Crippen molar-refractivity contribution in [2.24, 2.45) is 0 Å². The minimum absolute atomic E-state index is 0.0960. The molecule has 0 spiro atoms. The summed E-state index contributed by atoms with van der Waals surface area (Å²) in [6, 6.07) is 8.44. The Morgan fingerprint density at radius 1 is 1.15 bits per heavy atom. The van der Waals surface area contributed by atoms with E-state index in [4.69, 9.17) is 4.74 Å². The predicted molar refractivity (Wildman–Crippen MR) is 121 cm³/mol. The molecule has 0 saturated carbocycles. The molecule has 1 amide bonds. The molecule has 2 N–H and O–H groups in total. The van der Waals surface area contributed by atoms with Crippen molar-refractivity contribution in [1.82, 2.24) is 15.3 Å². The summed E-state index contributed by atoms with van der Waals surface area (Å²) in [7, 11) is 3.14. The van der Waals surface area contributed by atoms with Crippen molar-refractivity contribution in [3.8, 4) is 5.75 Å². The Labute approximate surface area is 190 Å². The van der Waals surface area contributed by atoms with Gasteiger partial charge in [0.15, 0.2) is 0 Å². The zero-order valence-corrected chi connectivity index (χ0v) is 19.2. The lowest BCUT2D eigenvalue weighted by atomic mass is 9.94. The molecule has 3 aromatic rings. The normalized spacial score (nSPS) is 13.5. The summed E-state index contributed by atoms with van der Waals surface area (Å²) in [5.74, 6) is 1.38. The number of halogens is 3. The molecule has 1 aromatic heterocycles. The molecule has 3 rings (SSSR count). The maximum absolute atomic E-state index is 13.1. The third kappa shape index (κ3) is 5.53. The highest BCUT2D eigenvalue weighted by molar-refractivity contribution is 5.91. The van der Waals surface area contributed by atoms with Gasteiger partial charge in [-0.3, -0.25) is 4.79 Å². The van der Waals surface area contributed by atoms with E-state index >= 15 is 0 Å². The third-order valence-electron chi connectivity index (χ3n) is 5.53. The molecule has 0 bridgehead atoms. The summed E-state index contributed by atoms with van der Waals surface area (Å²) >= 11 is 0. The standard InChI is InChI=1S/C24H27F3N4O2/c1-13(9-22(32)28-4)18-11-19-20(12-21(18)33-5)30-15(3)31-23(19)29-14(2)16-7-6-8-17(10-16)24(25,26)27/h6-8,10-14H,9H2,1-5H3,(H,28,32)(H,29,30,31)/t13?,14-/m1/s1. The van der Waals surface area contributed by atoms with E-state index in [0.29, 0.717) is 33.9 Å². The van der Waals surface area contributed by atoms with Crippen LogP contribution in [0.5, 0.6) is 5.75 Å². The summed E-state index contributed by atoms with van der Waals surface area (Å²) in [6.07, 6.45) is -4.14. The number of aryl methyl sites for hydroxylation is 1. The molecule has 1 heterocycles. The van der Waals surface area contributed by atoms with E-state index in [9.17, 15) is 18.0 Å². The van der Waals surface area contributed by atoms with Crippen LogP contribution in [0.4, 0.5) is 19.0 Å². The van der Waals surface area contributed by atoms with Crippen LogP contribution in [-0.2, 0) is 11.0 Å². The van der Waals surface area contributed by atoms with E-state index in [2.05, 4.69) is 20.6 Å². The van der Waals surface area contributed by atoms with Gasteiger partial charge >= 0.3 is 6.18 Å². The Balaban J connectivity index is 2.03. The van der Waals surface area contributed by atoms with Gasteiger partial charge in [-0.2, -0.15) is 13.2 Å². The van der Waals surface area contributed by atoms with Crippen molar-refractivity contribution in [3.05, 3.63) is 58.9 Å². The summed E-state index contributed by atoms with van der Waals surface area (Å²) in [5.41, 5.74) is 1.23. The molecule has 33 heavy (non-hydrogen) atoms. The molecule has 0 aliphatic heterocycles. The highest BCUT2D eigenvalue weighted by atomic mass is 19.4. The van der Waals surface area contributed by atoms with Crippen LogP contribution in [0.1, 0.15) is 54.7 Å². The lowest BCUT2D eigenvalue weighted by molar-refractivity contribution is -0.137. The number of amides is 1. The van der Waals surface area contributed by atoms with Crippen LogP contribution in [0.3, 0.4) is 0 Å². The molecule has 0 aliphatic carbocycles. The van der Waals surface area contributed by atoms with Crippen LogP contribution < -0.4 is 15.4 Å². The van der Waals surface area contributed by atoms with Gasteiger partial charge in [-0.25, -0.2) is 9.97 Å². The molecule has 1 unspecified atom stereocenters. The van der Waals surface area contributed by atoms with Gasteiger partial charge in [0.25, 0.3) is 0 Å². The Kier molecular flexibility index (Phi) is 7.09. The molecule has 2 aromatic carbocycles. The first-order valence-corrected chi connectivity index (χ1v) is 10.5. The van der Waals surface area contributed by atoms with Crippen LogP contribution in [0.25, 0.3) is 10.9 Å². The molecule has 0 fully saturated rings. The Bertz CT molecular complexity index is 1160. The van der Waals surface area contributed by atoms with Crippen molar-refractivity contribution >= 4 is 22.6 Å². The number of alkyl halides is 3. The van der Waals surface area contributed by atoms with Gasteiger partial charge in [-0.15, -0.1) is 0 Å². The highest BCUT2D eigenvalue weighted by Gasteiger charge is 2.30. The number of carbonyl (C=O) groups excluding carboxylic acids is 1. The summed E-state index contributed by atoms with van der Waals surface area (Å²) in [4.78, 5) is 20.9. The van der Waals surface area contributed by atoms with Crippen LogP contribution >= 0.6 is 0 Å². The molecular weight excluding hydrogens is 433 g/mol. The lowest BCUT2D eigenvalue weighted by Gasteiger charge is -2.20. The fourth-order valence-corrected chi connectivity index (χ4v) is 3.72. The van der Waals surface area contributed by atoms with Crippen LogP contribution in [-0.4, -0.2) is 30.0 Å². The maximum atomic E-state index is 13.1. The summed E-state index contributed by atoms with van der Waals surface area (Å²) in [6.45, 7) is 5.44. The van der Waals surface area contributed by atoms with Gasteiger partial charge in [0.05, 0.1) is 18.2 Å². The van der Waals surface area contributed by atoms with Gasteiger partial charge in [-0.1, -0.05) is 19.1 Å². The molecular formula is C24H27F3N4O2. The molecule has 0 radical (unpaired) electrons. The lowest BCUT2D eigenvalue weighted by Crippen LogP contribution is -2.19. The number of methoxy groups -OCH3 is 1. The minimum atomic E-state index is -4.42. The molecule has 2 atom stereocenters. The van der Waals surface area contributed by atoms with Gasteiger partial charge < -0.3 is 15.4 Å². The van der Waals surface area contributed by atoms with E-state index in [1.807, 2.05) is 13.0 Å². The zero-order valence-electron chi connectivity index (χ0n) is 19.2. The molecule has 0 saturated heterocycles. The predicted octanol–water partition coefficient (Wildman–Crippen LogP) is 5.38. The van der Waals surface area contributed by atoms with Crippen molar-refractivity contribution in [1.29, 1.82) is 0 Å². The monoisotopic (exact) mass is 460 g/mol. The average molecular weight is 461 g/mol. The number of benzene rings is 2. The van der Waals surface area contributed by atoms with E-state index in [1.165, 1.54) is 6.07 Å². The van der Waals surface area contributed by atoms with Crippen LogP contribution in [0.15, 0.2) is 36.4 Å². The SMILES string of the molecule is CNC(=O)CC(C)c1cc2c(N[C@H](C)c3cccc(C(F)(F)F)c3)nc(C)nc2cc1OC. The first kappa shape index (κ1) is 24.3. The number of nitrogens with zero attached hydrogens (tertiary/aromatic N) is 2. The quantitative estimate of drug-likeness (QED) is 0.495. The maximum Gasteiger partial charge on any atom is 0.416 e. The van der Waals surface area contributed by atoms with E-state index < -0.39 is 17.8 Å². The number of fused-ring (bicyclic) bond motifs is 1. The number of anilines is 1. The van der Waals surface area contributed by atoms with E-state index in [1.54, 1.807) is 40.1 Å². The van der Waals surface area contributed by atoms with Gasteiger partial charge in [0.1, 0.15) is 17.4 Å². The summed E-state index contributed by atoms with van der Waals surface area (Å²) < 4.78 is 45.0. The first-order chi connectivity index (χ1) is 15.5. The number of ether oxygens (including phenoxy) is 1. The minimum Gasteiger partial charge on any atom is -0.496 e. The largest absolute Gasteiger partial charge is 0.496 e. The van der Waals surface area contributed by atoms with Crippen LogP contribution in [0.2, 0.25) is 0 Å². The van der Waals surface area contributed by atoms with Crippen molar-refractivity contribution in [3.63, 3.8) is 0 Å². The zero-order chi connectivity index (χ0) is 24.3. The Morgan fingerprint density at radius 3 is 2.52 bits per heavy atom. The highest BCUT2D eigenvalue weighted by Crippen LogP contribution is 2.36. The second-order valence-corrected chi connectivity index (χ2v) is 8.00. The molecule has 176 valence electrons. The second-order valence-electron chi connectivity index (χ2n) is 8.00. The number of carbonyl (C=O) groups is 1. The smallest absolute Gasteiger partial charge is 0.416 e. The number of nitrogens with one attached hydrogen (secondary N) is 2. The fourth-order valence-electron chi connectivity index (χ4n) is 3.72. The summed E-state index contributed by atoms with van der Waals surface area (Å²) in [5, 5.41) is 6.55. The number of hydrogen-bond acceptors (Lipinski definition) is 5. The van der Waals surface area contributed by atoms with Gasteiger partial charge in [0, 0.05) is 31.0 Å². The molecule has 0 aliphatic rings. The van der Waals surface area contributed by atoms with Crippen LogP contribution in [0, 0.1) is 6.92 Å². The second kappa shape index (κ2) is 9.64. The van der Waals surface area contributed by atoms with Crippen molar-refractivity contribution < 1.29 is 22.7 Å². The first-order valence-electron chi connectivity index (χ1n) is 10.5. The number of aromatic nitrogens is 2. The van der Waals surface area contributed by atoms with Crippen molar-refractivity contribution in [2.75, 3.05) is 19.5 Å². The van der Waals surface area contributed by atoms with Gasteiger partial charge in [-0.05, 0) is 49.1 Å². The van der Waals surface area contributed by atoms with E-state index in [-0.39, 0.29) is 18.2 Å². The Hall–Kier alpha value is -3.36. The van der Waals surface area contributed by atoms with Gasteiger partial charge in [0.2, 0.25) is 5.91 Å².